The van der Waals surface area contributed by atoms with Crippen LogP contribution in [0.2, 0.25) is 0 Å². The molecule has 2 unspecified atom stereocenters. The molecule has 4 N–H and O–H groups in total. The monoisotopic (exact) mass is 731 g/mol. The first-order valence-corrected chi connectivity index (χ1v) is 20.5. The van der Waals surface area contributed by atoms with Crippen molar-refractivity contribution in [2.75, 3.05) is 13.2 Å². The van der Waals surface area contributed by atoms with Gasteiger partial charge in [0.2, 0.25) is 11.8 Å². The van der Waals surface area contributed by atoms with Gasteiger partial charge >= 0.3 is 11.9 Å². The van der Waals surface area contributed by atoms with Crippen molar-refractivity contribution < 1.29 is 34.1 Å². The number of amides is 2. The zero-order chi connectivity index (χ0) is 38.3. The second-order valence-electron chi connectivity index (χ2n) is 13.7. The molecule has 0 heterocycles. The SMILES string of the molecule is CC/C=C\C/C=C\C/C=C\C/C=C\C(CCCCCCCC(=O)NCC(=O)NC(CO)C(=O)O)OC(=O)CCCCCCCCCCCCCCC. The van der Waals surface area contributed by atoms with E-state index in [-0.39, 0.29) is 30.9 Å². The van der Waals surface area contributed by atoms with Crippen LogP contribution in [0.15, 0.2) is 48.6 Å². The van der Waals surface area contributed by atoms with Crippen LogP contribution < -0.4 is 10.6 Å². The number of aliphatic hydroxyl groups is 1. The van der Waals surface area contributed by atoms with Crippen molar-refractivity contribution in [2.45, 2.75) is 187 Å². The number of carboxylic acids is 1. The minimum atomic E-state index is -1.39. The third-order valence-corrected chi connectivity index (χ3v) is 8.82. The largest absolute Gasteiger partial charge is 0.480 e. The molecule has 0 aromatic rings. The summed E-state index contributed by atoms with van der Waals surface area (Å²) >= 11 is 0. The van der Waals surface area contributed by atoms with Crippen LogP contribution in [0.1, 0.15) is 174 Å². The normalized spacial score (nSPS) is 13.0. The average Bonchev–Trinajstić information content (AvgIpc) is 3.13. The maximum atomic E-state index is 12.7. The van der Waals surface area contributed by atoms with Crippen LogP contribution in [0.3, 0.4) is 0 Å². The lowest BCUT2D eigenvalue weighted by molar-refractivity contribution is -0.147. The maximum absolute atomic E-state index is 12.7. The maximum Gasteiger partial charge on any atom is 0.328 e. The number of hydrogen-bond donors (Lipinski definition) is 4. The van der Waals surface area contributed by atoms with E-state index in [9.17, 15) is 19.2 Å². The summed E-state index contributed by atoms with van der Waals surface area (Å²) in [6.07, 6.45) is 43.0. The molecular formula is C43H74N2O7. The van der Waals surface area contributed by atoms with E-state index in [0.717, 1.165) is 70.6 Å². The number of unbranched alkanes of at least 4 members (excludes halogenated alkanes) is 16. The molecular weight excluding hydrogens is 656 g/mol. The van der Waals surface area contributed by atoms with Gasteiger partial charge in [-0.05, 0) is 57.4 Å². The highest BCUT2D eigenvalue weighted by Crippen LogP contribution is 2.16. The van der Waals surface area contributed by atoms with Gasteiger partial charge in [0.25, 0.3) is 0 Å². The number of carboxylic acid groups (broad SMARTS) is 1. The molecule has 9 heteroatoms. The summed E-state index contributed by atoms with van der Waals surface area (Å²) in [6.45, 7) is 3.34. The molecule has 0 aromatic carbocycles. The molecule has 0 aliphatic carbocycles. The average molecular weight is 731 g/mol. The fourth-order valence-electron chi connectivity index (χ4n) is 5.68. The van der Waals surface area contributed by atoms with Gasteiger partial charge in [0.1, 0.15) is 12.1 Å². The van der Waals surface area contributed by atoms with E-state index in [1.54, 1.807) is 0 Å². The molecule has 9 nitrogen and oxygen atoms in total. The third-order valence-electron chi connectivity index (χ3n) is 8.82. The Labute approximate surface area is 316 Å². The molecule has 0 radical (unpaired) electrons. The molecule has 0 bridgehead atoms. The molecule has 0 saturated heterocycles. The highest BCUT2D eigenvalue weighted by Gasteiger charge is 2.18. The molecule has 2 amide bonds. The van der Waals surface area contributed by atoms with Crippen molar-refractivity contribution in [2.24, 2.45) is 0 Å². The lowest BCUT2D eigenvalue weighted by Gasteiger charge is -2.15. The molecule has 0 aliphatic heterocycles. The van der Waals surface area contributed by atoms with Crippen molar-refractivity contribution in [3.63, 3.8) is 0 Å². The predicted octanol–water partition coefficient (Wildman–Crippen LogP) is 9.59. The molecule has 0 spiro atoms. The number of carbonyl (C=O) groups is 4. The summed E-state index contributed by atoms with van der Waals surface area (Å²) in [5.41, 5.74) is 0. The Hall–Kier alpha value is -3.20. The number of allylic oxidation sites excluding steroid dienone is 7. The molecule has 0 aromatic heterocycles. The summed E-state index contributed by atoms with van der Waals surface area (Å²) in [4.78, 5) is 47.4. The molecule has 2 atom stereocenters. The van der Waals surface area contributed by atoms with E-state index < -0.39 is 24.5 Å². The Morgan fingerprint density at radius 2 is 1.08 bits per heavy atom. The van der Waals surface area contributed by atoms with Gasteiger partial charge in [0, 0.05) is 12.8 Å². The highest BCUT2D eigenvalue weighted by atomic mass is 16.5. The zero-order valence-electron chi connectivity index (χ0n) is 32.8. The van der Waals surface area contributed by atoms with Gasteiger partial charge in [-0.2, -0.15) is 0 Å². The van der Waals surface area contributed by atoms with Gasteiger partial charge in [-0.15, -0.1) is 0 Å². The van der Waals surface area contributed by atoms with E-state index in [1.807, 2.05) is 6.08 Å². The topological polar surface area (TPSA) is 142 Å². The summed E-state index contributed by atoms with van der Waals surface area (Å²) < 4.78 is 5.90. The first-order valence-electron chi connectivity index (χ1n) is 20.5. The molecule has 0 aliphatic rings. The summed E-state index contributed by atoms with van der Waals surface area (Å²) in [5.74, 6) is -2.40. The second kappa shape index (κ2) is 37.6. The first kappa shape index (κ1) is 48.8. The lowest BCUT2D eigenvalue weighted by atomic mass is 10.0. The number of ether oxygens (including phenoxy) is 1. The van der Waals surface area contributed by atoms with Gasteiger partial charge in [0.15, 0.2) is 0 Å². The third kappa shape index (κ3) is 33.9. The van der Waals surface area contributed by atoms with Crippen LogP contribution in [-0.4, -0.2) is 59.3 Å². The minimum absolute atomic E-state index is 0.120. The highest BCUT2D eigenvalue weighted by molar-refractivity contribution is 5.87. The Balaban J connectivity index is 4.42. The fraction of sp³-hybridized carbons (Fsp3) is 0.721. The molecule has 298 valence electrons. The Morgan fingerprint density at radius 1 is 0.596 bits per heavy atom. The van der Waals surface area contributed by atoms with Gasteiger partial charge < -0.3 is 25.6 Å². The first-order chi connectivity index (χ1) is 25.3. The van der Waals surface area contributed by atoms with Crippen molar-refractivity contribution in [3.8, 4) is 0 Å². The number of hydrogen-bond acceptors (Lipinski definition) is 6. The van der Waals surface area contributed by atoms with Crippen LogP contribution in [0.25, 0.3) is 0 Å². The smallest absolute Gasteiger partial charge is 0.328 e. The van der Waals surface area contributed by atoms with Crippen molar-refractivity contribution in [1.82, 2.24) is 10.6 Å². The minimum Gasteiger partial charge on any atom is -0.480 e. The summed E-state index contributed by atoms with van der Waals surface area (Å²) in [7, 11) is 0. The van der Waals surface area contributed by atoms with Gasteiger partial charge in [-0.3, -0.25) is 14.4 Å². The quantitative estimate of drug-likeness (QED) is 0.0286. The number of nitrogens with one attached hydrogen (secondary N) is 2. The fourth-order valence-corrected chi connectivity index (χ4v) is 5.68. The Kier molecular flexibility index (Phi) is 35.2. The van der Waals surface area contributed by atoms with E-state index in [0.29, 0.717) is 12.8 Å². The summed E-state index contributed by atoms with van der Waals surface area (Å²) in [6, 6.07) is -1.39. The van der Waals surface area contributed by atoms with Crippen molar-refractivity contribution in [3.05, 3.63) is 48.6 Å². The van der Waals surface area contributed by atoms with E-state index in [2.05, 4.69) is 67.0 Å². The second-order valence-corrected chi connectivity index (χ2v) is 13.7. The van der Waals surface area contributed by atoms with Gasteiger partial charge in [-0.25, -0.2) is 4.79 Å². The van der Waals surface area contributed by atoms with Crippen molar-refractivity contribution >= 4 is 23.8 Å². The summed E-state index contributed by atoms with van der Waals surface area (Å²) in [5, 5.41) is 22.5. The molecule has 0 saturated carbocycles. The number of esters is 1. The lowest BCUT2D eigenvalue weighted by Crippen LogP contribution is -2.47. The van der Waals surface area contributed by atoms with Crippen LogP contribution >= 0.6 is 0 Å². The number of rotatable bonds is 36. The van der Waals surface area contributed by atoms with Gasteiger partial charge in [0.05, 0.1) is 13.2 Å². The standard InChI is InChI=1S/C43H74N2O7/c1-3-5-7-9-11-13-15-16-18-20-22-27-31-35-42(49)52-38(32-28-24-21-19-17-14-12-10-8-6-4-2)33-29-25-23-26-30-34-40(47)44-36-41(48)45-39(37-46)43(50)51/h6,8,12,14,19,21,28,32,38-39,46H,3-5,7,9-11,13,15-18,20,22-27,29-31,33-37H2,1-2H3,(H,44,47)(H,45,48)(H,50,51)/b8-6-,14-12-,21-19-,32-28-. The number of aliphatic hydroxyl groups excluding tert-OH is 1. The van der Waals surface area contributed by atoms with Crippen LogP contribution in [0.5, 0.6) is 0 Å². The van der Waals surface area contributed by atoms with E-state index in [1.165, 1.54) is 70.6 Å². The Bertz CT molecular complexity index is 1020. The van der Waals surface area contributed by atoms with Crippen LogP contribution in [0.4, 0.5) is 0 Å². The molecule has 52 heavy (non-hydrogen) atoms. The Morgan fingerprint density at radius 3 is 1.60 bits per heavy atom. The van der Waals surface area contributed by atoms with E-state index >= 15 is 0 Å². The number of carbonyl (C=O) groups excluding carboxylic acids is 3. The predicted molar refractivity (Wildman–Crippen MR) is 213 cm³/mol. The van der Waals surface area contributed by atoms with Gasteiger partial charge in [-0.1, -0.05) is 153 Å². The van der Waals surface area contributed by atoms with E-state index in [4.69, 9.17) is 14.9 Å². The number of aliphatic carboxylic acids is 1. The zero-order valence-corrected chi connectivity index (χ0v) is 32.8. The van der Waals surface area contributed by atoms with Crippen LogP contribution in [-0.2, 0) is 23.9 Å². The van der Waals surface area contributed by atoms with Crippen LogP contribution in [0, 0.1) is 0 Å². The van der Waals surface area contributed by atoms with Crippen molar-refractivity contribution in [1.29, 1.82) is 0 Å². The molecule has 0 fully saturated rings. The molecule has 0 rings (SSSR count).